The van der Waals surface area contributed by atoms with Crippen LogP contribution in [0, 0.1) is 11.3 Å². The van der Waals surface area contributed by atoms with Crippen LogP contribution in [-0.4, -0.2) is 39.5 Å². The summed E-state index contributed by atoms with van der Waals surface area (Å²) in [5.74, 6) is -1.09. The zero-order valence-electron chi connectivity index (χ0n) is 17.0. The minimum Gasteiger partial charge on any atom is -0.492 e. The summed E-state index contributed by atoms with van der Waals surface area (Å²) >= 11 is 0. The minimum atomic E-state index is -4.89. The Morgan fingerprint density at radius 1 is 1.09 bits per heavy atom. The highest BCUT2D eigenvalue weighted by Gasteiger charge is 2.51. The Morgan fingerprint density at radius 2 is 1.73 bits per heavy atom. The van der Waals surface area contributed by atoms with Gasteiger partial charge in [-0.25, -0.2) is 8.42 Å². The second-order valence-electron chi connectivity index (χ2n) is 7.69. The third kappa shape index (κ3) is 5.78. The van der Waals surface area contributed by atoms with Crippen molar-refractivity contribution in [3.05, 3.63) is 59.2 Å². The number of sulfone groups is 1. The van der Waals surface area contributed by atoms with Crippen LogP contribution in [0.3, 0.4) is 0 Å². The lowest BCUT2D eigenvalue weighted by Crippen LogP contribution is -2.44. The van der Waals surface area contributed by atoms with Gasteiger partial charge < -0.3 is 4.74 Å². The molecule has 33 heavy (non-hydrogen) atoms. The Morgan fingerprint density at radius 3 is 2.24 bits per heavy atom. The van der Waals surface area contributed by atoms with Gasteiger partial charge in [-0.1, -0.05) is 6.07 Å². The first-order valence-electron chi connectivity index (χ1n) is 9.57. The summed E-state index contributed by atoms with van der Waals surface area (Å²) in [6.07, 6.45) is -8.75. The number of rotatable bonds is 5. The lowest BCUT2D eigenvalue weighted by atomic mass is 9.88. The molecule has 0 spiro atoms. The second kappa shape index (κ2) is 8.87. The van der Waals surface area contributed by atoms with Crippen LogP contribution in [0.25, 0.3) is 0 Å². The van der Waals surface area contributed by atoms with Crippen molar-refractivity contribution in [1.29, 1.82) is 5.26 Å². The Kier molecular flexibility index (Phi) is 6.68. The Balaban J connectivity index is 1.80. The standard InChI is InChI=1S/C21H18F6N2O3S/c1-33(30,31)16-6-4-15(5-7-16)32-11-14-9-17(19(29-14)21(25,26)27)12-2-3-13(10-28)18(8-12)20(22,23)24/h2-8,14,17,19,29H,9,11H2,1H3. The highest BCUT2D eigenvalue weighted by molar-refractivity contribution is 7.90. The van der Waals surface area contributed by atoms with Gasteiger partial charge in [0.05, 0.1) is 22.1 Å². The zero-order valence-corrected chi connectivity index (χ0v) is 17.9. The van der Waals surface area contributed by atoms with Gasteiger partial charge in [-0.2, -0.15) is 31.6 Å². The maximum atomic E-state index is 13.6. The Hall–Kier alpha value is -2.78. The first-order valence-corrected chi connectivity index (χ1v) is 11.5. The average Bonchev–Trinajstić information content (AvgIpc) is 3.16. The van der Waals surface area contributed by atoms with Crippen LogP contribution in [0.1, 0.15) is 29.0 Å². The summed E-state index contributed by atoms with van der Waals surface area (Å²) in [6, 6.07) is 6.35. The molecule has 1 saturated heterocycles. The quantitative estimate of drug-likeness (QED) is 0.625. The van der Waals surface area contributed by atoms with Crippen molar-refractivity contribution < 1.29 is 39.5 Å². The summed E-state index contributed by atoms with van der Waals surface area (Å²) < 4.78 is 109. The van der Waals surface area contributed by atoms with Crippen LogP contribution < -0.4 is 10.1 Å². The summed E-state index contributed by atoms with van der Waals surface area (Å²) in [5.41, 5.74) is -2.14. The van der Waals surface area contributed by atoms with E-state index in [4.69, 9.17) is 10.00 Å². The first kappa shape index (κ1) is 24.9. The van der Waals surface area contributed by atoms with Gasteiger partial charge in [0, 0.05) is 18.2 Å². The second-order valence-corrected chi connectivity index (χ2v) is 9.71. The molecule has 1 aliphatic heterocycles. The molecule has 178 valence electrons. The molecule has 3 unspecified atom stereocenters. The SMILES string of the molecule is CS(=O)(=O)c1ccc(OCC2CC(c3ccc(C#N)c(C(F)(F)F)c3)C(C(F)(F)F)N2)cc1. The molecule has 1 fully saturated rings. The van der Waals surface area contributed by atoms with Crippen LogP contribution in [-0.2, 0) is 16.0 Å². The van der Waals surface area contributed by atoms with Gasteiger partial charge in [-0.3, -0.25) is 5.32 Å². The van der Waals surface area contributed by atoms with Gasteiger partial charge in [-0.05, 0) is 48.4 Å². The fraction of sp³-hybridized carbons (Fsp3) is 0.381. The number of nitriles is 1. The third-order valence-corrected chi connectivity index (χ3v) is 6.44. The minimum absolute atomic E-state index is 0.0484. The van der Waals surface area contributed by atoms with Crippen LogP contribution in [0.15, 0.2) is 47.4 Å². The van der Waals surface area contributed by atoms with E-state index in [2.05, 4.69) is 5.32 Å². The highest BCUT2D eigenvalue weighted by atomic mass is 32.2. The van der Waals surface area contributed by atoms with Crippen molar-refractivity contribution in [2.45, 2.75) is 41.7 Å². The zero-order chi connectivity index (χ0) is 24.6. The molecule has 3 atom stereocenters. The molecule has 2 aromatic carbocycles. The summed E-state index contributed by atoms with van der Waals surface area (Å²) in [6.45, 7) is -0.219. The molecule has 0 saturated carbocycles. The molecule has 0 aromatic heterocycles. The number of nitrogens with one attached hydrogen (secondary N) is 1. The summed E-state index contributed by atoms with van der Waals surface area (Å²) in [5, 5.41) is 11.3. The number of hydrogen-bond donors (Lipinski definition) is 1. The van der Waals surface area contributed by atoms with Crippen molar-refractivity contribution >= 4 is 9.84 Å². The van der Waals surface area contributed by atoms with Crippen molar-refractivity contribution in [2.24, 2.45) is 0 Å². The predicted octanol–water partition coefficient (Wildman–Crippen LogP) is 4.44. The van der Waals surface area contributed by atoms with E-state index >= 15 is 0 Å². The number of benzene rings is 2. The van der Waals surface area contributed by atoms with E-state index in [1.165, 1.54) is 30.3 Å². The van der Waals surface area contributed by atoms with E-state index in [1.807, 2.05) is 0 Å². The maximum Gasteiger partial charge on any atom is 0.417 e. The summed E-state index contributed by atoms with van der Waals surface area (Å²) in [7, 11) is -3.42. The van der Waals surface area contributed by atoms with Gasteiger partial charge in [0.1, 0.15) is 18.4 Å². The van der Waals surface area contributed by atoms with Crippen molar-refractivity contribution in [3.63, 3.8) is 0 Å². The molecule has 3 rings (SSSR count). The molecule has 0 bridgehead atoms. The molecular weight excluding hydrogens is 474 g/mol. The largest absolute Gasteiger partial charge is 0.492 e. The molecule has 0 radical (unpaired) electrons. The van der Waals surface area contributed by atoms with Gasteiger partial charge >= 0.3 is 12.4 Å². The van der Waals surface area contributed by atoms with Crippen LogP contribution >= 0.6 is 0 Å². The van der Waals surface area contributed by atoms with E-state index in [9.17, 15) is 34.8 Å². The van der Waals surface area contributed by atoms with Crippen molar-refractivity contribution in [1.82, 2.24) is 5.32 Å². The molecule has 1 aliphatic rings. The number of halogens is 6. The Bertz CT molecular complexity index is 1150. The van der Waals surface area contributed by atoms with Gasteiger partial charge in [0.15, 0.2) is 9.84 Å². The number of ether oxygens (including phenoxy) is 1. The molecule has 0 amide bonds. The fourth-order valence-corrected chi connectivity index (χ4v) is 4.38. The molecule has 5 nitrogen and oxygen atoms in total. The fourth-order valence-electron chi connectivity index (χ4n) is 3.75. The van der Waals surface area contributed by atoms with Crippen LogP contribution in [0.4, 0.5) is 26.3 Å². The highest BCUT2D eigenvalue weighted by Crippen LogP contribution is 2.42. The number of hydrogen-bond acceptors (Lipinski definition) is 5. The average molecular weight is 492 g/mol. The van der Waals surface area contributed by atoms with E-state index in [1.54, 1.807) is 0 Å². The number of alkyl halides is 6. The van der Waals surface area contributed by atoms with E-state index < -0.39 is 51.3 Å². The molecule has 1 heterocycles. The molecule has 2 aromatic rings. The predicted molar refractivity (Wildman–Crippen MR) is 105 cm³/mol. The molecular formula is C21H18F6N2O3S. The lowest BCUT2D eigenvalue weighted by Gasteiger charge is -2.23. The van der Waals surface area contributed by atoms with Gasteiger partial charge in [-0.15, -0.1) is 0 Å². The van der Waals surface area contributed by atoms with Gasteiger partial charge in [0.2, 0.25) is 0 Å². The summed E-state index contributed by atoms with van der Waals surface area (Å²) in [4.78, 5) is 0.0484. The van der Waals surface area contributed by atoms with Gasteiger partial charge in [0.25, 0.3) is 0 Å². The topological polar surface area (TPSA) is 79.2 Å². The Labute approximate surface area is 185 Å². The molecule has 12 heteroatoms. The number of nitrogens with zero attached hydrogens (tertiary/aromatic N) is 1. The van der Waals surface area contributed by atoms with Crippen molar-refractivity contribution in [3.8, 4) is 11.8 Å². The maximum absolute atomic E-state index is 13.6. The molecule has 1 N–H and O–H groups in total. The van der Waals surface area contributed by atoms with E-state index in [0.29, 0.717) is 6.07 Å². The lowest BCUT2D eigenvalue weighted by molar-refractivity contribution is -0.156. The van der Waals surface area contributed by atoms with Crippen molar-refractivity contribution in [2.75, 3.05) is 12.9 Å². The van der Waals surface area contributed by atoms with E-state index in [0.717, 1.165) is 18.4 Å². The normalized spacial score (nSPS) is 21.6. The van der Waals surface area contributed by atoms with Crippen LogP contribution in [0.2, 0.25) is 0 Å². The van der Waals surface area contributed by atoms with Crippen LogP contribution in [0.5, 0.6) is 5.75 Å². The third-order valence-electron chi connectivity index (χ3n) is 5.31. The smallest absolute Gasteiger partial charge is 0.417 e. The van der Waals surface area contributed by atoms with E-state index in [-0.39, 0.29) is 29.2 Å². The first-order chi connectivity index (χ1) is 15.2. The molecule has 0 aliphatic carbocycles. The monoisotopic (exact) mass is 492 g/mol.